The minimum absolute atomic E-state index is 0.171. The number of halogens is 3. The quantitative estimate of drug-likeness (QED) is 0.863. The van der Waals surface area contributed by atoms with Gasteiger partial charge in [0.1, 0.15) is 6.04 Å². The number of alkyl halides is 3. The number of aliphatic carboxylic acids is 1. The lowest BCUT2D eigenvalue weighted by Gasteiger charge is -2.19. The van der Waals surface area contributed by atoms with Crippen molar-refractivity contribution in [2.75, 3.05) is 13.2 Å². The second-order valence-corrected chi connectivity index (χ2v) is 5.32. The minimum Gasteiger partial charge on any atom is -0.480 e. The largest absolute Gasteiger partial charge is 0.480 e. The standard InChI is InChI=1S/C15H16F3NO4/c16-15(17,18)11-4-2-1-3-9(11)7-12(14(21)22)19-13(20)10-5-6-23-8-10/h1-4,10,12H,5-8H2,(H,19,20)(H,21,22)/t10-,12-/m0/s1. The molecule has 0 unspecified atom stereocenters. The van der Waals surface area contributed by atoms with Gasteiger partial charge in [0, 0.05) is 13.0 Å². The Balaban J connectivity index is 2.14. The lowest BCUT2D eigenvalue weighted by molar-refractivity contribution is -0.143. The summed E-state index contributed by atoms with van der Waals surface area (Å²) in [6, 6.07) is 3.31. The second-order valence-electron chi connectivity index (χ2n) is 5.32. The lowest BCUT2D eigenvalue weighted by Crippen LogP contribution is -2.45. The third kappa shape index (κ3) is 4.44. The molecule has 2 N–H and O–H groups in total. The number of ether oxygens (including phenoxy) is 1. The van der Waals surface area contributed by atoms with Gasteiger partial charge in [0.05, 0.1) is 18.1 Å². The first-order valence-corrected chi connectivity index (χ1v) is 7.05. The van der Waals surface area contributed by atoms with Gasteiger partial charge in [0.25, 0.3) is 0 Å². The Kier molecular flexibility index (Phi) is 5.25. The Bertz CT molecular complexity index is 582. The average Bonchev–Trinajstić information content (AvgIpc) is 3.00. The number of nitrogens with one attached hydrogen (secondary N) is 1. The van der Waals surface area contributed by atoms with Gasteiger partial charge in [0.15, 0.2) is 0 Å². The molecule has 1 amide bonds. The van der Waals surface area contributed by atoms with E-state index in [0.29, 0.717) is 13.0 Å². The maximum Gasteiger partial charge on any atom is 0.416 e. The van der Waals surface area contributed by atoms with E-state index in [-0.39, 0.29) is 12.2 Å². The Morgan fingerprint density at radius 2 is 2.04 bits per heavy atom. The molecule has 1 aliphatic heterocycles. The van der Waals surface area contributed by atoms with E-state index < -0.39 is 42.0 Å². The van der Waals surface area contributed by atoms with E-state index in [1.54, 1.807) is 0 Å². The van der Waals surface area contributed by atoms with Crippen molar-refractivity contribution in [2.24, 2.45) is 5.92 Å². The Hall–Kier alpha value is -2.09. The smallest absolute Gasteiger partial charge is 0.416 e. The molecule has 0 saturated carbocycles. The molecule has 0 radical (unpaired) electrons. The van der Waals surface area contributed by atoms with Crippen LogP contribution in [0.1, 0.15) is 17.5 Å². The zero-order valence-electron chi connectivity index (χ0n) is 12.1. The molecule has 1 fully saturated rings. The molecule has 0 bridgehead atoms. The van der Waals surface area contributed by atoms with Crippen LogP contribution >= 0.6 is 0 Å². The van der Waals surface area contributed by atoms with Gasteiger partial charge in [-0.15, -0.1) is 0 Å². The van der Waals surface area contributed by atoms with E-state index in [0.717, 1.165) is 6.07 Å². The number of benzene rings is 1. The van der Waals surface area contributed by atoms with Gasteiger partial charge in [-0.25, -0.2) is 4.79 Å². The van der Waals surface area contributed by atoms with Crippen molar-refractivity contribution in [1.82, 2.24) is 5.32 Å². The molecule has 126 valence electrons. The monoisotopic (exact) mass is 331 g/mol. The molecule has 1 heterocycles. The van der Waals surface area contributed by atoms with Gasteiger partial charge < -0.3 is 15.2 Å². The number of carboxylic acids is 1. The van der Waals surface area contributed by atoms with Crippen LogP contribution in [0.5, 0.6) is 0 Å². The number of rotatable bonds is 5. The van der Waals surface area contributed by atoms with Crippen LogP contribution in [0.2, 0.25) is 0 Å². The number of hydrogen-bond acceptors (Lipinski definition) is 3. The summed E-state index contributed by atoms with van der Waals surface area (Å²) in [6.45, 7) is 0.601. The molecule has 2 rings (SSSR count). The van der Waals surface area contributed by atoms with Crippen molar-refractivity contribution >= 4 is 11.9 Å². The SMILES string of the molecule is O=C(N[C@@H](Cc1ccccc1C(F)(F)F)C(=O)O)[C@H]1CCOC1. The minimum atomic E-state index is -4.58. The third-order valence-electron chi connectivity index (χ3n) is 3.66. The van der Waals surface area contributed by atoms with E-state index in [1.165, 1.54) is 18.2 Å². The van der Waals surface area contributed by atoms with Gasteiger partial charge in [-0.2, -0.15) is 13.2 Å². The van der Waals surface area contributed by atoms with Crippen LogP contribution in [0.4, 0.5) is 13.2 Å². The molecule has 0 aliphatic carbocycles. The second kappa shape index (κ2) is 6.99. The molecule has 2 atom stereocenters. The van der Waals surface area contributed by atoms with Crippen LogP contribution in [0.15, 0.2) is 24.3 Å². The van der Waals surface area contributed by atoms with E-state index in [9.17, 15) is 27.9 Å². The van der Waals surface area contributed by atoms with Gasteiger partial charge in [0.2, 0.25) is 5.91 Å². The summed E-state index contributed by atoms with van der Waals surface area (Å²) >= 11 is 0. The van der Waals surface area contributed by atoms with Crippen molar-refractivity contribution in [1.29, 1.82) is 0 Å². The highest BCUT2D eigenvalue weighted by molar-refractivity contribution is 5.85. The summed E-state index contributed by atoms with van der Waals surface area (Å²) in [7, 11) is 0. The van der Waals surface area contributed by atoms with Gasteiger partial charge in [-0.05, 0) is 18.1 Å². The van der Waals surface area contributed by atoms with E-state index in [2.05, 4.69) is 5.32 Å². The Morgan fingerprint density at radius 3 is 2.61 bits per heavy atom. The van der Waals surface area contributed by atoms with Crippen LogP contribution in [-0.4, -0.2) is 36.2 Å². The molecule has 8 heteroatoms. The van der Waals surface area contributed by atoms with Crippen LogP contribution in [0.25, 0.3) is 0 Å². The third-order valence-corrected chi connectivity index (χ3v) is 3.66. The first-order valence-electron chi connectivity index (χ1n) is 7.05. The Morgan fingerprint density at radius 1 is 1.35 bits per heavy atom. The highest BCUT2D eigenvalue weighted by Gasteiger charge is 2.35. The fourth-order valence-electron chi connectivity index (χ4n) is 2.43. The maximum absolute atomic E-state index is 13.0. The molecule has 1 aromatic carbocycles. The molecular formula is C15H16F3NO4. The van der Waals surface area contributed by atoms with Crippen molar-refractivity contribution in [3.8, 4) is 0 Å². The fourth-order valence-corrected chi connectivity index (χ4v) is 2.43. The molecular weight excluding hydrogens is 315 g/mol. The van der Waals surface area contributed by atoms with Crippen molar-refractivity contribution in [2.45, 2.75) is 25.1 Å². The van der Waals surface area contributed by atoms with E-state index in [4.69, 9.17) is 4.74 Å². The summed E-state index contributed by atoms with van der Waals surface area (Å²) in [5, 5.41) is 11.5. The first-order chi connectivity index (χ1) is 10.8. The summed E-state index contributed by atoms with van der Waals surface area (Å²) < 4.78 is 43.9. The van der Waals surface area contributed by atoms with Crippen molar-refractivity contribution in [3.63, 3.8) is 0 Å². The highest BCUT2D eigenvalue weighted by atomic mass is 19.4. The number of hydrogen-bond donors (Lipinski definition) is 2. The summed E-state index contributed by atoms with van der Waals surface area (Å²) in [5.74, 6) is -2.36. The summed E-state index contributed by atoms with van der Waals surface area (Å²) in [4.78, 5) is 23.2. The number of carboxylic acid groups (broad SMARTS) is 1. The van der Waals surface area contributed by atoms with Gasteiger partial charge in [-0.1, -0.05) is 18.2 Å². The van der Waals surface area contributed by atoms with Crippen LogP contribution < -0.4 is 5.32 Å². The summed E-state index contributed by atoms with van der Waals surface area (Å²) in [5.41, 5.74) is -1.07. The number of carbonyl (C=O) groups excluding carboxylic acids is 1. The number of carbonyl (C=O) groups is 2. The van der Waals surface area contributed by atoms with Crippen LogP contribution in [0.3, 0.4) is 0 Å². The zero-order valence-corrected chi connectivity index (χ0v) is 12.1. The maximum atomic E-state index is 13.0. The Labute approximate surface area is 130 Å². The predicted molar refractivity (Wildman–Crippen MR) is 73.6 cm³/mol. The molecule has 0 spiro atoms. The molecule has 1 aromatic rings. The average molecular weight is 331 g/mol. The normalized spacial score (nSPS) is 19.3. The zero-order chi connectivity index (χ0) is 17.0. The van der Waals surface area contributed by atoms with Crippen molar-refractivity contribution in [3.05, 3.63) is 35.4 Å². The van der Waals surface area contributed by atoms with Gasteiger partial charge >= 0.3 is 12.1 Å². The van der Waals surface area contributed by atoms with Crippen molar-refractivity contribution < 1.29 is 32.6 Å². The van der Waals surface area contributed by atoms with Gasteiger partial charge in [-0.3, -0.25) is 4.79 Å². The van der Waals surface area contributed by atoms with Crippen LogP contribution in [-0.2, 0) is 26.9 Å². The topological polar surface area (TPSA) is 75.6 Å². The lowest BCUT2D eigenvalue weighted by atomic mass is 9.99. The van der Waals surface area contributed by atoms with E-state index in [1.807, 2.05) is 0 Å². The molecule has 23 heavy (non-hydrogen) atoms. The molecule has 0 aromatic heterocycles. The predicted octanol–water partition coefficient (Wildman–Crippen LogP) is 1.85. The van der Waals surface area contributed by atoms with E-state index >= 15 is 0 Å². The molecule has 5 nitrogen and oxygen atoms in total. The highest BCUT2D eigenvalue weighted by Crippen LogP contribution is 2.32. The molecule has 1 aliphatic rings. The molecule has 1 saturated heterocycles. The number of amides is 1. The fraction of sp³-hybridized carbons (Fsp3) is 0.467. The first kappa shape index (κ1) is 17.3. The van der Waals surface area contributed by atoms with Crippen LogP contribution in [0, 0.1) is 5.92 Å². The summed E-state index contributed by atoms with van der Waals surface area (Å²) in [6.07, 6.45) is -4.55.